The Morgan fingerprint density at radius 1 is 1.37 bits per heavy atom. The third-order valence-electron chi connectivity index (χ3n) is 3.78. The van der Waals surface area contributed by atoms with Crippen LogP contribution in [0.4, 0.5) is 5.69 Å². The van der Waals surface area contributed by atoms with Gasteiger partial charge < -0.3 is 4.90 Å². The molecule has 1 aliphatic rings. The van der Waals surface area contributed by atoms with E-state index >= 15 is 0 Å². The number of anilines is 1. The van der Waals surface area contributed by atoms with Crippen molar-refractivity contribution in [1.29, 1.82) is 5.26 Å². The lowest BCUT2D eigenvalue weighted by atomic mass is 10.1. The van der Waals surface area contributed by atoms with E-state index in [1.807, 2.05) is 0 Å². The Bertz CT molecular complexity index is 464. The van der Waals surface area contributed by atoms with Gasteiger partial charge in [-0.2, -0.15) is 5.26 Å². The Morgan fingerprint density at radius 2 is 2.21 bits per heavy atom. The molecule has 0 aliphatic carbocycles. The zero-order valence-electron chi connectivity index (χ0n) is 11.9. The molecule has 0 aromatic heterocycles. The van der Waals surface area contributed by atoms with Crippen LogP contribution in [0.25, 0.3) is 0 Å². The van der Waals surface area contributed by atoms with Crippen LogP contribution in [-0.2, 0) is 0 Å². The summed E-state index contributed by atoms with van der Waals surface area (Å²) in [5.41, 5.74) is 2.00. The lowest BCUT2D eigenvalue weighted by Crippen LogP contribution is -2.33. The average Bonchev–Trinajstić information content (AvgIpc) is 2.63. The van der Waals surface area contributed by atoms with Crippen molar-refractivity contribution in [2.75, 3.05) is 17.2 Å². The quantitative estimate of drug-likeness (QED) is 0.762. The second-order valence-corrected chi connectivity index (χ2v) is 6.39. The molecule has 1 fully saturated rings. The predicted octanol–water partition coefficient (Wildman–Crippen LogP) is 4.44. The van der Waals surface area contributed by atoms with Gasteiger partial charge in [-0.15, -0.1) is 11.8 Å². The van der Waals surface area contributed by atoms with Gasteiger partial charge in [-0.3, -0.25) is 0 Å². The van der Waals surface area contributed by atoms with Crippen LogP contribution >= 0.6 is 11.8 Å². The van der Waals surface area contributed by atoms with Crippen LogP contribution in [0.2, 0.25) is 0 Å². The summed E-state index contributed by atoms with van der Waals surface area (Å²) in [6.45, 7) is 5.50. The highest BCUT2D eigenvalue weighted by Gasteiger charge is 2.21. The molecule has 1 atom stereocenters. The van der Waals surface area contributed by atoms with Gasteiger partial charge >= 0.3 is 0 Å². The van der Waals surface area contributed by atoms with E-state index in [1.165, 1.54) is 25.7 Å². The summed E-state index contributed by atoms with van der Waals surface area (Å²) in [5, 5.41) is 9.52. The maximum atomic E-state index is 9.52. The van der Waals surface area contributed by atoms with Gasteiger partial charge in [0.05, 0.1) is 11.3 Å². The first-order valence-corrected chi connectivity index (χ1v) is 8.19. The number of nitrogens with zero attached hydrogens (tertiary/aromatic N) is 2. The summed E-state index contributed by atoms with van der Waals surface area (Å²) in [4.78, 5) is 3.56. The van der Waals surface area contributed by atoms with Crippen LogP contribution in [0.5, 0.6) is 0 Å². The van der Waals surface area contributed by atoms with E-state index in [4.69, 9.17) is 0 Å². The van der Waals surface area contributed by atoms with Crippen molar-refractivity contribution < 1.29 is 0 Å². The number of rotatable bonds is 3. The Labute approximate surface area is 120 Å². The Hall–Kier alpha value is -1.14. The van der Waals surface area contributed by atoms with Gasteiger partial charge in [0.15, 0.2) is 0 Å². The van der Waals surface area contributed by atoms with E-state index in [-0.39, 0.29) is 0 Å². The fraction of sp³-hybridized carbons (Fsp3) is 0.562. The second kappa shape index (κ2) is 6.86. The summed E-state index contributed by atoms with van der Waals surface area (Å²) in [7, 11) is 0. The lowest BCUT2D eigenvalue weighted by molar-refractivity contribution is 0.615. The van der Waals surface area contributed by atoms with Crippen LogP contribution in [0.3, 0.4) is 0 Å². The molecule has 0 N–H and O–H groups in total. The molecular formula is C16H22N2S. The highest BCUT2D eigenvalue weighted by Crippen LogP contribution is 2.33. The van der Waals surface area contributed by atoms with E-state index in [2.05, 4.69) is 43.0 Å². The summed E-state index contributed by atoms with van der Waals surface area (Å²) < 4.78 is 0. The standard InChI is InChI=1S/C16H22N2S/c1-3-19-16-10-7-9-15(14(16)12-17)18-11-6-4-5-8-13(18)2/h7,9-10,13H,3-6,8,11H2,1-2H3. The molecule has 2 rings (SSSR count). The van der Waals surface area contributed by atoms with Crippen LogP contribution in [0.15, 0.2) is 23.1 Å². The van der Waals surface area contributed by atoms with E-state index < -0.39 is 0 Å². The molecule has 1 aromatic rings. The molecule has 1 aliphatic heterocycles. The van der Waals surface area contributed by atoms with Gasteiger partial charge in [0, 0.05) is 17.5 Å². The highest BCUT2D eigenvalue weighted by atomic mass is 32.2. The fourth-order valence-electron chi connectivity index (χ4n) is 2.78. The van der Waals surface area contributed by atoms with E-state index in [0.29, 0.717) is 6.04 Å². The Morgan fingerprint density at radius 3 is 2.95 bits per heavy atom. The molecule has 0 bridgehead atoms. The van der Waals surface area contributed by atoms with Gasteiger partial charge in [0.1, 0.15) is 6.07 Å². The molecule has 102 valence electrons. The molecular weight excluding hydrogens is 252 g/mol. The van der Waals surface area contributed by atoms with Crippen LogP contribution in [0, 0.1) is 11.3 Å². The summed E-state index contributed by atoms with van der Waals surface area (Å²) in [6, 6.07) is 9.23. The second-order valence-electron chi connectivity index (χ2n) is 5.09. The molecule has 1 unspecified atom stereocenters. The van der Waals surface area contributed by atoms with E-state index in [0.717, 1.165) is 28.4 Å². The van der Waals surface area contributed by atoms with E-state index in [1.54, 1.807) is 11.8 Å². The molecule has 1 saturated heterocycles. The number of thioether (sulfide) groups is 1. The van der Waals surface area contributed by atoms with Gasteiger partial charge in [-0.1, -0.05) is 25.8 Å². The Balaban J connectivity index is 2.37. The molecule has 0 saturated carbocycles. The summed E-state index contributed by atoms with van der Waals surface area (Å²) >= 11 is 1.76. The number of hydrogen-bond donors (Lipinski definition) is 0. The van der Waals surface area contributed by atoms with Crippen molar-refractivity contribution in [1.82, 2.24) is 0 Å². The average molecular weight is 274 g/mol. The molecule has 1 aromatic carbocycles. The first kappa shape index (κ1) is 14.3. The zero-order valence-corrected chi connectivity index (χ0v) is 12.7. The largest absolute Gasteiger partial charge is 0.368 e. The van der Waals surface area contributed by atoms with Gasteiger partial charge in [-0.25, -0.2) is 0 Å². The monoisotopic (exact) mass is 274 g/mol. The fourth-order valence-corrected chi connectivity index (χ4v) is 3.56. The molecule has 3 heteroatoms. The topological polar surface area (TPSA) is 27.0 Å². The molecule has 1 heterocycles. The van der Waals surface area contributed by atoms with E-state index in [9.17, 15) is 5.26 Å². The summed E-state index contributed by atoms with van der Waals surface area (Å²) in [5.74, 6) is 1.01. The molecule has 19 heavy (non-hydrogen) atoms. The highest BCUT2D eigenvalue weighted by molar-refractivity contribution is 7.99. The minimum absolute atomic E-state index is 0.538. The minimum Gasteiger partial charge on any atom is -0.368 e. The van der Waals surface area contributed by atoms with Crippen molar-refractivity contribution in [2.45, 2.75) is 50.5 Å². The van der Waals surface area contributed by atoms with Crippen molar-refractivity contribution in [2.24, 2.45) is 0 Å². The third kappa shape index (κ3) is 3.25. The van der Waals surface area contributed by atoms with Crippen LogP contribution in [-0.4, -0.2) is 18.3 Å². The molecule has 0 radical (unpaired) electrons. The van der Waals surface area contributed by atoms with Crippen molar-refractivity contribution in [3.63, 3.8) is 0 Å². The first-order chi connectivity index (χ1) is 9.27. The molecule has 2 nitrogen and oxygen atoms in total. The molecule has 0 amide bonds. The van der Waals surface area contributed by atoms with Crippen LogP contribution in [0.1, 0.15) is 45.1 Å². The Kier molecular flexibility index (Phi) is 5.15. The smallest absolute Gasteiger partial charge is 0.103 e. The first-order valence-electron chi connectivity index (χ1n) is 7.20. The lowest BCUT2D eigenvalue weighted by Gasteiger charge is -2.30. The van der Waals surface area contributed by atoms with Crippen molar-refractivity contribution >= 4 is 17.4 Å². The zero-order chi connectivity index (χ0) is 13.7. The number of benzene rings is 1. The normalized spacial score (nSPS) is 19.8. The summed E-state index contributed by atoms with van der Waals surface area (Å²) in [6.07, 6.45) is 5.09. The van der Waals surface area contributed by atoms with Gasteiger partial charge in [0.2, 0.25) is 0 Å². The number of hydrogen-bond acceptors (Lipinski definition) is 3. The third-order valence-corrected chi connectivity index (χ3v) is 4.72. The minimum atomic E-state index is 0.538. The van der Waals surface area contributed by atoms with Crippen molar-refractivity contribution in [3.05, 3.63) is 23.8 Å². The SMILES string of the molecule is CCSc1cccc(N2CCCCCC2C)c1C#N. The van der Waals surface area contributed by atoms with Crippen LogP contribution < -0.4 is 4.90 Å². The number of nitriles is 1. The predicted molar refractivity (Wildman–Crippen MR) is 82.8 cm³/mol. The maximum absolute atomic E-state index is 9.52. The van der Waals surface area contributed by atoms with Crippen molar-refractivity contribution in [3.8, 4) is 6.07 Å². The van der Waals surface area contributed by atoms with Gasteiger partial charge in [-0.05, 0) is 37.7 Å². The molecule has 0 spiro atoms. The van der Waals surface area contributed by atoms with Gasteiger partial charge in [0.25, 0.3) is 0 Å². The maximum Gasteiger partial charge on any atom is 0.103 e.